The molecule has 3 nitrogen and oxygen atoms in total. The Kier molecular flexibility index (Phi) is 3.76. The lowest BCUT2D eigenvalue weighted by Crippen LogP contribution is -2.32. The number of aryl methyl sites for hydroxylation is 2. The topological polar surface area (TPSA) is 19.4 Å². The molecule has 1 aliphatic rings. The Labute approximate surface area is 124 Å². The molecule has 0 aliphatic heterocycles. The van der Waals surface area contributed by atoms with Crippen molar-refractivity contribution in [3.63, 3.8) is 0 Å². The number of fused-ring (bicyclic) bond motifs is 1. The van der Waals surface area contributed by atoms with E-state index in [1.165, 1.54) is 46.1 Å². The van der Waals surface area contributed by atoms with Crippen LogP contribution in [0.5, 0.6) is 0 Å². The number of anilines is 1. The van der Waals surface area contributed by atoms with Crippen LogP contribution >= 0.6 is 11.3 Å². The van der Waals surface area contributed by atoms with Crippen molar-refractivity contribution >= 4 is 17.0 Å². The van der Waals surface area contributed by atoms with E-state index < -0.39 is 0 Å². The summed E-state index contributed by atoms with van der Waals surface area (Å²) in [5.74, 6) is 0. The number of aromatic nitrogens is 1. The molecule has 2 aromatic rings. The molecule has 106 valence electrons. The van der Waals surface area contributed by atoms with Gasteiger partial charge in [0.15, 0.2) is 0 Å². The number of nitrogens with zero attached hydrogens (tertiary/aromatic N) is 3. The van der Waals surface area contributed by atoms with Gasteiger partial charge >= 0.3 is 0 Å². The third kappa shape index (κ3) is 2.58. The van der Waals surface area contributed by atoms with Gasteiger partial charge in [0.1, 0.15) is 5.01 Å². The van der Waals surface area contributed by atoms with Crippen molar-refractivity contribution in [3.05, 3.63) is 34.8 Å². The van der Waals surface area contributed by atoms with E-state index in [0.29, 0.717) is 0 Å². The maximum Gasteiger partial charge on any atom is 0.123 e. The summed E-state index contributed by atoms with van der Waals surface area (Å²) in [5.41, 5.74) is 3.77. The quantitative estimate of drug-likeness (QED) is 0.804. The molecule has 0 saturated carbocycles. The Morgan fingerprint density at radius 2 is 1.70 bits per heavy atom. The van der Waals surface area contributed by atoms with Crippen LogP contribution in [0, 0.1) is 0 Å². The minimum absolute atomic E-state index is 1.16. The summed E-state index contributed by atoms with van der Waals surface area (Å²) in [6, 6.07) is 8.69. The molecule has 0 fully saturated rings. The fraction of sp³-hybridized carbons (Fsp3) is 0.438. The molecule has 1 aliphatic carbocycles. The summed E-state index contributed by atoms with van der Waals surface area (Å²) >= 11 is 1.87. The van der Waals surface area contributed by atoms with Crippen molar-refractivity contribution in [2.45, 2.75) is 25.7 Å². The predicted octanol–water partition coefficient (Wildman–Crippen LogP) is 3.60. The van der Waals surface area contributed by atoms with Gasteiger partial charge in [-0.25, -0.2) is 9.99 Å². The first kappa shape index (κ1) is 13.6. The number of benzene rings is 1. The number of hydrogen-bond donors (Lipinski definition) is 0. The lowest BCUT2D eigenvalue weighted by atomic mass is 10.0. The molecule has 1 aromatic carbocycles. The van der Waals surface area contributed by atoms with E-state index in [0.717, 1.165) is 6.42 Å². The van der Waals surface area contributed by atoms with Crippen LogP contribution in [0.25, 0.3) is 10.6 Å². The maximum absolute atomic E-state index is 4.83. The Morgan fingerprint density at radius 3 is 2.35 bits per heavy atom. The zero-order valence-electron chi connectivity index (χ0n) is 12.4. The molecule has 4 heteroatoms. The fourth-order valence-electron chi connectivity index (χ4n) is 2.53. The molecule has 1 aromatic heterocycles. The second-order valence-corrected chi connectivity index (χ2v) is 6.60. The minimum Gasteiger partial charge on any atom is -0.309 e. The fourth-order valence-corrected chi connectivity index (χ4v) is 3.68. The van der Waals surface area contributed by atoms with E-state index in [2.05, 4.69) is 41.3 Å². The highest BCUT2D eigenvalue weighted by Gasteiger charge is 2.16. The van der Waals surface area contributed by atoms with E-state index in [9.17, 15) is 0 Å². The van der Waals surface area contributed by atoms with Gasteiger partial charge in [0.05, 0.1) is 11.4 Å². The van der Waals surface area contributed by atoms with Crippen LogP contribution in [-0.2, 0) is 12.8 Å². The Balaban J connectivity index is 1.85. The van der Waals surface area contributed by atoms with Crippen LogP contribution in [0.4, 0.5) is 5.69 Å². The summed E-state index contributed by atoms with van der Waals surface area (Å²) in [6.07, 6.45) is 4.99. The Hall–Kier alpha value is -1.39. The first-order valence-electron chi connectivity index (χ1n) is 7.15. The van der Waals surface area contributed by atoms with Crippen LogP contribution < -0.4 is 5.01 Å². The van der Waals surface area contributed by atoms with Crippen molar-refractivity contribution in [2.75, 3.05) is 26.2 Å². The van der Waals surface area contributed by atoms with Gasteiger partial charge in [-0.1, -0.05) is 0 Å². The van der Waals surface area contributed by atoms with Gasteiger partial charge < -0.3 is 5.01 Å². The molecular weight excluding hydrogens is 266 g/mol. The van der Waals surface area contributed by atoms with E-state index in [1.54, 1.807) is 0 Å². The average Bonchev–Trinajstić information content (AvgIpc) is 2.90. The molecule has 0 bridgehead atoms. The third-order valence-corrected chi connectivity index (χ3v) is 5.14. The summed E-state index contributed by atoms with van der Waals surface area (Å²) in [4.78, 5) is 6.33. The molecule has 1 heterocycles. The minimum atomic E-state index is 1.16. The SMILES string of the molecule is CN(C)N(C)c1ccc(-c2nc3c(s2)CCCC3)cc1. The first-order valence-corrected chi connectivity index (χ1v) is 7.97. The summed E-state index contributed by atoms with van der Waals surface area (Å²) in [7, 11) is 6.16. The van der Waals surface area contributed by atoms with Crippen LogP contribution in [0.15, 0.2) is 24.3 Å². The van der Waals surface area contributed by atoms with Crippen molar-refractivity contribution in [3.8, 4) is 10.6 Å². The molecule has 0 radical (unpaired) electrons. The van der Waals surface area contributed by atoms with E-state index in [-0.39, 0.29) is 0 Å². The zero-order chi connectivity index (χ0) is 14.1. The standard InChI is InChI=1S/C16H21N3S/c1-18(2)19(3)13-10-8-12(9-11-13)16-17-14-6-4-5-7-15(14)20-16/h8-11H,4-7H2,1-3H3. The van der Waals surface area contributed by atoms with Gasteiger partial charge in [0.25, 0.3) is 0 Å². The molecule has 0 saturated heterocycles. The lowest BCUT2D eigenvalue weighted by Gasteiger charge is -2.26. The highest BCUT2D eigenvalue weighted by atomic mass is 32.1. The Morgan fingerprint density at radius 1 is 1.00 bits per heavy atom. The second-order valence-electron chi connectivity index (χ2n) is 5.51. The molecular formula is C16H21N3S. The van der Waals surface area contributed by atoms with Gasteiger partial charge in [0, 0.05) is 31.6 Å². The largest absolute Gasteiger partial charge is 0.309 e. The van der Waals surface area contributed by atoms with Crippen molar-refractivity contribution in [1.29, 1.82) is 0 Å². The molecule has 0 spiro atoms. The normalized spacial score (nSPS) is 14.4. The molecule has 0 amide bonds. The van der Waals surface area contributed by atoms with Gasteiger partial charge in [-0.05, 0) is 49.9 Å². The van der Waals surface area contributed by atoms with Crippen molar-refractivity contribution in [2.24, 2.45) is 0 Å². The van der Waals surface area contributed by atoms with E-state index in [1.807, 2.05) is 25.4 Å². The van der Waals surface area contributed by atoms with Crippen molar-refractivity contribution < 1.29 is 0 Å². The number of hydrogen-bond acceptors (Lipinski definition) is 4. The van der Waals surface area contributed by atoms with Gasteiger partial charge in [-0.3, -0.25) is 0 Å². The van der Waals surface area contributed by atoms with Crippen LogP contribution in [0.1, 0.15) is 23.4 Å². The zero-order valence-corrected chi connectivity index (χ0v) is 13.2. The molecule has 0 N–H and O–H groups in total. The van der Waals surface area contributed by atoms with Crippen LogP contribution in [0.3, 0.4) is 0 Å². The highest BCUT2D eigenvalue weighted by Crippen LogP contribution is 2.33. The molecule has 0 unspecified atom stereocenters. The summed E-state index contributed by atoms with van der Waals surface area (Å²) in [5, 5.41) is 5.37. The number of rotatable bonds is 3. The molecule has 3 rings (SSSR count). The highest BCUT2D eigenvalue weighted by molar-refractivity contribution is 7.15. The van der Waals surface area contributed by atoms with E-state index in [4.69, 9.17) is 4.98 Å². The molecule has 0 atom stereocenters. The van der Waals surface area contributed by atoms with Gasteiger partial charge in [-0.15, -0.1) is 11.3 Å². The van der Waals surface area contributed by atoms with Gasteiger partial charge in [0.2, 0.25) is 0 Å². The number of thiazole rings is 1. The monoisotopic (exact) mass is 287 g/mol. The number of hydrazine groups is 1. The lowest BCUT2D eigenvalue weighted by molar-refractivity contribution is 0.397. The average molecular weight is 287 g/mol. The van der Waals surface area contributed by atoms with Gasteiger partial charge in [-0.2, -0.15) is 0 Å². The smallest absolute Gasteiger partial charge is 0.123 e. The summed E-state index contributed by atoms with van der Waals surface area (Å²) < 4.78 is 0. The first-order chi connectivity index (χ1) is 9.65. The van der Waals surface area contributed by atoms with Crippen molar-refractivity contribution in [1.82, 2.24) is 9.99 Å². The molecule has 20 heavy (non-hydrogen) atoms. The second kappa shape index (κ2) is 5.54. The van der Waals surface area contributed by atoms with Crippen LogP contribution in [0.2, 0.25) is 0 Å². The Bertz CT molecular complexity index is 563. The van der Waals surface area contributed by atoms with E-state index >= 15 is 0 Å². The predicted molar refractivity (Wildman–Crippen MR) is 86.3 cm³/mol. The summed E-state index contributed by atoms with van der Waals surface area (Å²) in [6.45, 7) is 0. The third-order valence-electron chi connectivity index (χ3n) is 3.93. The maximum atomic E-state index is 4.83. The van der Waals surface area contributed by atoms with Crippen LogP contribution in [-0.4, -0.2) is 31.1 Å².